The fraction of sp³-hybridized carbons (Fsp3) is 0.174. The Morgan fingerprint density at radius 3 is 2.66 bits per heavy atom. The first-order valence-corrected chi connectivity index (χ1v) is 10.2. The number of fused-ring (bicyclic) bond motifs is 1. The first-order valence-electron chi connectivity index (χ1n) is 9.79. The molecule has 0 fully saturated rings. The van der Waals surface area contributed by atoms with E-state index in [0.717, 1.165) is 39.8 Å². The number of hydrogen-bond acceptors (Lipinski definition) is 3. The summed E-state index contributed by atoms with van der Waals surface area (Å²) in [7, 11) is 0. The molecule has 164 valence electrons. The van der Waals surface area contributed by atoms with E-state index >= 15 is 0 Å². The highest BCUT2D eigenvalue weighted by Crippen LogP contribution is 2.24. The number of nitrogens with one attached hydrogen (secondary N) is 1. The number of benzene rings is 2. The standard InChI is InChI=1S/C23H19ClF2N4O2/c1-13-18-10-27-30(12-21(31)28-20-9-17(25)6-7-19(20)26)23(32)22(18)14(2)29(13)11-15-4-3-5-16(24)8-15/h3-10H,11-12H2,1-2H3,(H,28,31). The van der Waals surface area contributed by atoms with Crippen molar-refractivity contribution in [1.29, 1.82) is 0 Å². The second-order valence-corrected chi connectivity index (χ2v) is 7.89. The Kier molecular flexibility index (Phi) is 5.80. The summed E-state index contributed by atoms with van der Waals surface area (Å²) in [5.41, 5.74) is 1.83. The Labute approximate surface area is 187 Å². The zero-order valence-corrected chi connectivity index (χ0v) is 18.1. The van der Waals surface area contributed by atoms with Crippen LogP contribution in [-0.2, 0) is 17.9 Å². The number of aryl methyl sites for hydroxylation is 2. The fourth-order valence-corrected chi connectivity index (χ4v) is 3.94. The number of carbonyl (C=O) groups is 1. The number of halogens is 3. The van der Waals surface area contributed by atoms with Gasteiger partial charge < -0.3 is 9.88 Å². The lowest BCUT2D eigenvalue weighted by atomic mass is 10.2. The molecule has 2 heterocycles. The molecule has 1 amide bonds. The average Bonchev–Trinajstić information content (AvgIpc) is 2.98. The predicted molar refractivity (Wildman–Crippen MR) is 119 cm³/mol. The van der Waals surface area contributed by atoms with Gasteiger partial charge >= 0.3 is 0 Å². The van der Waals surface area contributed by atoms with Gasteiger partial charge in [-0.15, -0.1) is 0 Å². The topological polar surface area (TPSA) is 68.9 Å². The Bertz CT molecular complexity index is 1410. The summed E-state index contributed by atoms with van der Waals surface area (Å²) >= 11 is 6.09. The molecular weight excluding hydrogens is 438 g/mol. The monoisotopic (exact) mass is 456 g/mol. The van der Waals surface area contributed by atoms with Crippen molar-refractivity contribution in [3.05, 3.63) is 92.6 Å². The molecule has 0 aliphatic carbocycles. The van der Waals surface area contributed by atoms with Gasteiger partial charge in [-0.05, 0) is 43.7 Å². The van der Waals surface area contributed by atoms with Crippen molar-refractivity contribution < 1.29 is 13.6 Å². The summed E-state index contributed by atoms with van der Waals surface area (Å²) < 4.78 is 30.1. The summed E-state index contributed by atoms with van der Waals surface area (Å²) in [5, 5.41) is 8.13. The Balaban J connectivity index is 1.65. The molecule has 0 aliphatic rings. The molecule has 9 heteroatoms. The van der Waals surface area contributed by atoms with Crippen molar-refractivity contribution in [1.82, 2.24) is 14.3 Å². The van der Waals surface area contributed by atoms with E-state index in [2.05, 4.69) is 10.4 Å². The largest absolute Gasteiger partial charge is 0.343 e. The molecule has 0 bridgehead atoms. The summed E-state index contributed by atoms with van der Waals surface area (Å²) in [6.07, 6.45) is 1.53. The molecular formula is C23H19ClF2N4O2. The van der Waals surface area contributed by atoms with Crippen LogP contribution in [0.15, 0.2) is 53.5 Å². The summed E-state index contributed by atoms with van der Waals surface area (Å²) in [4.78, 5) is 25.4. The summed E-state index contributed by atoms with van der Waals surface area (Å²) in [6.45, 7) is 3.80. The van der Waals surface area contributed by atoms with Crippen LogP contribution in [0.1, 0.15) is 17.0 Å². The zero-order valence-electron chi connectivity index (χ0n) is 17.3. The maximum atomic E-state index is 13.8. The number of rotatable bonds is 5. The second-order valence-electron chi connectivity index (χ2n) is 7.46. The number of anilines is 1. The highest BCUT2D eigenvalue weighted by molar-refractivity contribution is 6.30. The van der Waals surface area contributed by atoms with Crippen molar-refractivity contribution in [3.8, 4) is 0 Å². The van der Waals surface area contributed by atoms with E-state index in [1.54, 1.807) is 6.07 Å². The van der Waals surface area contributed by atoms with Crippen molar-refractivity contribution in [2.24, 2.45) is 0 Å². The van der Waals surface area contributed by atoms with Crippen LogP contribution in [0.4, 0.5) is 14.5 Å². The zero-order chi connectivity index (χ0) is 23.0. The molecule has 0 aliphatic heterocycles. The number of amides is 1. The molecule has 0 spiro atoms. The van der Waals surface area contributed by atoms with Gasteiger partial charge in [0.05, 0.1) is 17.3 Å². The van der Waals surface area contributed by atoms with Gasteiger partial charge in [0.2, 0.25) is 5.91 Å². The molecule has 0 saturated carbocycles. The van der Waals surface area contributed by atoms with E-state index in [9.17, 15) is 18.4 Å². The van der Waals surface area contributed by atoms with Crippen LogP contribution in [0.25, 0.3) is 10.8 Å². The number of nitrogens with zero attached hydrogens (tertiary/aromatic N) is 3. The predicted octanol–water partition coefficient (Wildman–Crippen LogP) is 4.43. The molecule has 2 aromatic carbocycles. The molecule has 4 aromatic rings. The first kappa shape index (κ1) is 21.7. The van der Waals surface area contributed by atoms with Gasteiger partial charge in [-0.2, -0.15) is 5.10 Å². The molecule has 0 atom stereocenters. The maximum Gasteiger partial charge on any atom is 0.276 e. The van der Waals surface area contributed by atoms with Gasteiger partial charge in [-0.1, -0.05) is 23.7 Å². The molecule has 0 radical (unpaired) electrons. The third-order valence-corrected chi connectivity index (χ3v) is 5.57. The minimum absolute atomic E-state index is 0.302. The van der Waals surface area contributed by atoms with E-state index in [4.69, 9.17) is 11.6 Å². The number of carbonyl (C=O) groups excluding carboxylic acids is 1. The Morgan fingerprint density at radius 2 is 1.91 bits per heavy atom. The minimum atomic E-state index is -0.778. The van der Waals surface area contributed by atoms with Gasteiger partial charge in [0.1, 0.15) is 18.2 Å². The highest BCUT2D eigenvalue weighted by Gasteiger charge is 2.18. The molecule has 4 rings (SSSR count). The lowest BCUT2D eigenvalue weighted by molar-refractivity contribution is -0.117. The smallest absolute Gasteiger partial charge is 0.276 e. The van der Waals surface area contributed by atoms with Crippen LogP contribution in [0, 0.1) is 25.5 Å². The normalized spacial score (nSPS) is 11.2. The van der Waals surface area contributed by atoms with E-state index in [1.165, 1.54) is 6.20 Å². The van der Waals surface area contributed by atoms with Crippen LogP contribution < -0.4 is 10.9 Å². The Hall–Kier alpha value is -3.52. The molecule has 6 nitrogen and oxygen atoms in total. The number of hydrogen-bond donors (Lipinski definition) is 1. The summed E-state index contributed by atoms with van der Waals surface area (Å²) in [5.74, 6) is -2.16. The molecule has 0 saturated heterocycles. The van der Waals surface area contributed by atoms with Gasteiger partial charge in [-0.3, -0.25) is 9.59 Å². The SMILES string of the molecule is Cc1c2cnn(CC(=O)Nc3cc(F)ccc3F)c(=O)c2c(C)n1Cc1cccc(Cl)c1. The van der Waals surface area contributed by atoms with E-state index in [1.807, 2.05) is 36.6 Å². The van der Waals surface area contributed by atoms with Crippen molar-refractivity contribution >= 4 is 34.0 Å². The minimum Gasteiger partial charge on any atom is -0.343 e. The fourth-order valence-electron chi connectivity index (χ4n) is 3.73. The van der Waals surface area contributed by atoms with Gasteiger partial charge in [0, 0.05) is 34.4 Å². The first-order chi connectivity index (χ1) is 15.2. The molecule has 2 aromatic heterocycles. The van der Waals surface area contributed by atoms with E-state index < -0.39 is 29.6 Å². The second kappa shape index (κ2) is 8.55. The van der Waals surface area contributed by atoms with Gasteiger partial charge in [0.15, 0.2) is 0 Å². The van der Waals surface area contributed by atoms with Gasteiger partial charge in [-0.25, -0.2) is 13.5 Å². The third kappa shape index (κ3) is 4.13. The van der Waals surface area contributed by atoms with Gasteiger partial charge in [0.25, 0.3) is 5.56 Å². The van der Waals surface area contributed by atoms with Crippen LogP contribution >= 0.6 is 11.6 Å². The maximum absolute atomic E-state index is 13.8. The van der Waals surface area contributed by atoms with Crippen molar-refractivity contribution in [2.45, 2.75) is 26.9 Å². The highest BCUT2D eigenvalue weighted by atomic mass is 35.5. The van der Waals surface area contributed by atoms with Crippen molar-refractivity contribution in [2.75, 3.05) is 5.32 Å². The van der Waals surface area contributed by atoms with Crippen LogP contribution in [0.2, 0.25) is 5.02 Å². The molecule has 1 N–H and O–H groups in total. The van der Waals surface area contributed by atoms with Crippen molar-refractivity contribution in [3.63, 3.8) is 0 Å². The average molecular weight is 457 g/mol. The Morgan fingerprint density at radius 1 is 1.12 bits per heavy atom. The van der Waals surface area contributed by atoms with Crippen LogP contribution in [-0.4, -0.2) is 20.3 Å². The van der Waals surface area contributed by atoms with E-state index in [-0.39, 0.29) is 5.69 Å². The quantitative estimate of drug-likeness (QED) is 0.483. The van der Waals surface area contributed by atoms with Crippen LogP contribution in [0.3, 0.4) is 0 Å². The molecule has 0 unspecified atom stereocenters. The lowest BCUT2D eigenvalue weighted by Crippen LogP contribution is -2.29. The molecule has 32 heavy (non-hydrogen) atoms. The van der Waals surface area contributed by atoms with Crippen LogP contribution in [0.5, 0.6) is 0 Å². The van der Waals surface area contributed by atoms with E-state index in [0.29, 0.717) is 22.3 Å². The summed E-state index contributed by atoms with van der Waals surface area (Å²) in [6, 6.07) is 10.2. The number of aromatic nitrogens is 3. The lowest BCUT2D eigenvalue weighted by Gasteiger charge is -2.09. The third-order valence-electron chi connectivity index (χ3n) is 5.33.